The Morgan fingerprint density at radius 1 is 0.603 bits per heavy atom. The maximum absolute atomic E-state index is 11.8. The molecule has 2 aromatic carbocycles. The predicted molar refractivity (Wildman–Crippen MR) is 244 cm³/mol. The monoisotopic (exact) mass is 922 g/mol. The van der Waals surface area contributed by atoms with E-state index in [9.17, 15) is 8.42 Å². The van der Waals surface area contributed by atoms with Crippen LogP contribution < -0.4 is 0 Å². The highest BCUT2D eigenvalue weighted by Gasteiger charge is 2.19. The van der Waals surface area contributed by atoms with Crippen LogP contribution >= 0.6 is 80.8 Å². The second-order valence-electron chi connectivity index (χ2n) is 13.3. The van der Waals surface area contributed by atoms with Gasteiger partial charge in [-0.3, -0.25) is 9.13 Å². The molecule has 0 radical (unpaired) electrons. The summed E-state index contributed by atoms with van der Waals surface area (Å²) >= 11 is 30.1. The SMILES string of the molecule is CSc1ncc(-c2ccc(-c3nc(C)cn3-c3cc(Cl)ccc3Cl)s2)cc1C.Cc1cn(-c2cc(Cl)ccc2Cl)c(-c2ccc(-c3cnc(S(C)(=O)=O)c(C)c3)s2)n1. The summed E-state index contributed by atoms with van der Waals surface area (Å²) in [6.07, 6.45) is 10.6. The van der Waals surface area contributed by atoms with Gasteiger partial charge in [0.1, 0.15) is 0 Å². The fourth-order valence-electron chi connectivity index (χ4n) is 6.27. The Kier molecular flexibility index (Phi) is 12.6. The quantitative estimate of drug-likeness (QED) is 0.140. The van der Waals surface area contributed by atoms with E-state index in [2.05, 4.69) is 40.1 Å². The van der Waals surface area contributed by atoms with E-state index >= 15 is 0 Å². The molecule has 0 amide bonds. The molecule has 296 valence electrons. The number of pyridine rings is 2. The minimum atomic E-state index is -3.36. The first-order chi connectivity index (χ1) is 27.6. The van der Waals surface area contributed by atoms with Crippen molar-refractivity contribution in [2.24, 2.45) is 0 Å². The second kappa shape index (κ2) is 17.3. The Morgan fingerprint density at radius 3 is 1.48 bits per heavy atom. The van der Waals surface area contributed by atoms with E-state index in [1.807, 2.05) is 72.1 Å². The van der Waals surface area contributed by atoms with E-state index < -0.39 is 9.84 Å². The molecule has 0 saturated heterocycles. The zero-order chi connectivity index (χ0) is 41.5. The minimum Gasteiger partial charge on any atom is -0.297 e. The van der Waals surface area contributed by atoms with Crippen LogP contribution in [-0.2, 0) is 9.84 Å². The number of sulfone groups is 1. The summed E-state index contributed by atoms with van der Waals surface area (Å²) in [5.74, 6) is 1.61. The van der Waals surface area contributed by atoms with Crippen LogP contribution in [-0.4, -0.2) is 50.0 Å². The van der Waals surface area contributed by atoms with Gasteiger partial charge in [0.25, 0.3) is 0 Å². The molecule has 8 aromatic rings. The number of benzene rings is 2. The first-order valence-electron chi connectivity index (χ1n) is 17.5. The normalized spacial score (nSPS) is 11.5. The topological polar surface area (TPSA) is 95.6 Å². The lowest BCUT2D eigenvalue weighted by Gasteiger charge is -2.09. The number of hydrogen-bond acceptors (Lipinski definition) is 9. The lowest BCUT2D eigenvalue weighted by molar-refractivity contribution is 0.597. The van der Waals surface area contributed by atoms with Crippen molar-refractivity contribution in [1.82, 2.24) is 29.1 Å². The summed E-state index contributed by atoms with van der Waals surface area (Å²) < 4.78 is 27.6. The van der Waals surface area contributed by atoms with Gasteiger partial charge in [-0.2, -0.15) is 0 Å². The van der Waals surface area contributed by atoms with Crippen molar-refractivity contribution in [2.45, 2.75) is 37.7 Å². The molecule has 58 heavy (non-hydrogen) atoms. The summed E-state index contributed by atoms with van der Waals surface area (Å²) in [6.45, 7) is 7.73. The molecule has 0 saturated carbocycles. The molecular formula is C42H34Cl4N6O2S4. The summed E-state index contributed by atoms with van der Waals surface area (Å²) in [7, 11) is -3.36. The van der Waals surface area contributed by atoms with Crippen LogP contribution in [0.2, 0.25) is 20.1 Å². The van der Waals surface area contributed by atoms with Crippen LogP contribution in [0.1, 0.15) is 22.5 Å². The minimum absolute atomic E-state index is 0.102. The largest absolute Gasteiger partial charge is 0.297 e. The molecule has 0 spiro atoms. The van der Waals surface area contributed by atoms with Crippen LogP contribution in [0.25, 0.3) is 53.7 Å². The van der Waals surface area contributed by atoms with Crippen LogP contribution in [0.5, 0.6) is 0 Å². The van der Waals surface area contributed by atoms with E-state index in [-0.39, 0.29) is 5.03 Å². The van der Waals surface area contributed by atoms with Gasteiger partial charge < -0.3 is 0 Å². The molecule has 0 aliphatic rings. The molecule has 0 aliphatic heterocycles. The van der Waals surface area contributed by atoms with Crippen LogP contribution in [0.4, 0.5) is 0 Å². The van der Waals surface area contributed by atoms with Gasteiger partial charge in [0.05, 0.1) is 47.6 Å². The molecule has 0 atom stereocenters. The summed E-state index contributed by atoms with van der Waals surface area (Å²) in [6, 6.07) is 22.9. The van der Waals surface area contributed by atoms with E-state index in [1.165, 1.54) is 5.56 Å². The fourth-order valence-corrected chi connectivity index (χ4v) is 10.4. The van der Waals surface area contributed by atoms with Crippen molar-refractivity contribution in [3.8, 4) is 53.7 Å². The Bertz CT molecular complexity index is 2930. The van der Waals surface area contributed by atoms with Crippen molar-refractivity contribution in [1.29, 1.82) is 0 Å². The zero-order valence-electron chi connectivity index (χ0n) is 31.9. The van der Waals surface area contributed by atoms with Crippen LogP contribution in [0.3, 0.4) is 0 Å². The maximum atomic E-state index is 11.8. The number of nitrogens with zero attached hydrogens (tertiary/aromatic N) is 6. The first kappa shape index (κ1) is 42.2. The fraction of sp³-hybridized carbons (Fsp3) is 0.143. The maximum Gasteiger partial charge on any atom is 0.193 e. The molecule has 6 heterocycles. The number of rotatable bonds is 8. The smallest absolute Gasteiger partial charge is 0.193 e. The average Bonchev–Trinajstić information content (AvgIpc) is 4.00. The number of aromatic nitrogens is 6. The molecule has 6 aromatic heterocycles. The predicted octanol–water partition coefficient (Wildman–Crippen LogP) is 13.3. The molecule has 0 unspecified atom stereocenters. The van der Waals surface area contributed by atoms with Crippen LogP contribution in [0.15, 0.2) is 108 Å². The molecule has 0 aliphatic carbocycles. The standard InChI is InChI=1S/C21H17Cl2N3O2S2.C21H17Cl2N3S2/c1-12-8-14(10-24-21(12)30(3,27)28)18-6-7-19(29-18)20-25-13(2)11-26(20)17-9-15(22)4-5-16(17)23;1-12-8-14(10-24-21(12)27-3)18-6-7-19(28-18)20-25-13(2)11-26(20)17-9-15(22)4-5-16(17)23/h4-11H,1-3H3;4-11H,1-3H3. The molecule has 16 heteroatoms. The van der Waals surface area contributed by atoms with Gasteiger partial charge in [-0.25, -0.2) is 28.4 Å². The van der Waals surface area contributed by atoms with Gasteiger partial charge in [-0.15, -0.1) is 34.4 Å². The third-order valence-corrected chi connectivity index (χ3v) is 14.1. The Hall–Kier alpha value is -3.98. The van der Waals surface area contributed by atoms with Gasteiger partial charge in [0.15, 0.2) is 26.5 Å². The van der Waals surface area contributed by atoms with Crippen molar-refractivity contribution in [3.63, 3.8) is 0 Å². The van der Waals surface area contributed by atoms with E-state index in [1.54, 1.807) is 77.9 Å². The number of aryl methyl sites for hydroxylation is 4. The van der Waals surface area contributed by atoms with E-state index in [0.29, 0.717) is 25.7 Å². The molecule has 8 nitrogen and oxygen atoms in total. The first-order valence-corrected chi connectivity index (χ1v) is 23.8. The third kappa shape index (κ3) is 9.09. The number of halogens is 4. The summed E-state index contributed by atoms with van der Waals surface area (Å²) in [5, 5.41) is 3.59. The molecule has 0 N–H and O–H groups in total. The molecular weight excluding hydrogens is 891 g/mol. The van der Waals surface area contributed by atoms with Gasteiger partial charge in [-0.05, 0) is 118 Å². The van der Waals surface area contributed by atoms with Crippen molar-refractivity contribution in [2.75, 3.05) is 12.5 Å². The molecule has 8 rings (SSSR count). The summed E-state index contributed by atoms with van der Waals surface area (Å²) in [5.41, 5.74) is 7.12. The number of thiophene rings is 2. The van der Waals surface area contributed by atoms with Gasteiger partial charge in [-0.1, -0.05) is 46.4 Å². The number of imidazole rings is 2. The summed E-state index contributed by atoms with van der Waals surface area (Å²) in [4.78, 5) is 22.3. The molecule has 0 fully saturated rings. The third-order valence-electron chi connectivity index (χ3n) is 8.82. The lowest BCUT2D eigenvalue weighted by atomic mass is 10.2. The highest BCUT2D eigenvalue weighted by molar-refractivity contribution is 7.98. The lowest BCUT2D eigenvalue weighted by Crippen LogP contribution is -2.03. The van der Waals surface area contributed by atoms with E-state index in [4.69, 9.17) is 51.4 Å². The molecule has 0 bridgehead atoms. The van der Waals surface area contributed by atoms with Gasteiger partial charge in [0.2, 0.25) is 0 Å². The number of thioether (sulfide) groups is 1. The average molecular weight is 925 g/mol. The highest BCUT2D eigenvalue weighted by atomic mass is 35.5. The Labute approximate surface area is 369 Å². The van der Waals surface area contributed by atoms with Crippen LogP contribution in [0, 0.1) is 27.7 Å². The van der Waals surface area contributed by atoms with Gasteiger partial charge >= 0.3 is 0 Å². The number of hydrogen-bond donors (Lipinski definition) is 0. The Morgan fingerprint density at radius 2 is 1.05 bits per heavy atom. The van der Waals surface area contributed by atoms with E-state index in [0.717, 1.165) is 76.3 Å². The van der Waals surface area contributed by atoms with Crippen molar-refractivity contribution in [3.05, 3.63) is 140 Å². The second-order valence-corrected chi connectivity index (χ2v) is 19.9. The Balaban J connectivity index is 0.000000177. The van der Waals surface area contributed by atoms with Crippen molar-refractivity contribution >= 4 is 90.7 Å². The van der Waals surface area contributed by atoms with Crippen molar-refractivity contribution < 1.29 is 8.42 Å². The highest BCUT2D eigenvalue weighted by Crippen LogP contribution is 2.39. The van der Waals surface area contributed by atoms with Gasteiger partial charge in [0, 0.05) is 62.0 Å². The zero-order valence-corrected chi connectivity index (χ0v) is 38.2.